The van der Waals surface area contributed by atoms with Crippen LogP contribution >= 0.6 is 0 Å². The molecule has 1 aromatic rings. The van der Waals surface area contributed by atoms with E-state index < -0.39 is 0 Å². The van der Waals surface area contributed by atoms with E-state index in [1.165, 1.54) is 17.7 Å². The third-order valence-electron chi connectivity index (χ3n) is 3.87. The Kier molecular flexibility index (Phi) is 4.61. The highest BCUT2D eigenvalue weighted by molar-refractivity contribution is 5.55. The van der Waals surface area contributed by atoms with Gasteiger partial charge in [0.25, 0.3) is 0 Å². The molecule has 1 aromatic carbocycles. The Morgan fingerprint density at radius 3 is 2.94 bits per heavy atom. The van der Waals surface area contributed by atoms with Crippen LogP contribution in [0, 0.1) is 5.92 Å². The molecule has 1 aliphatic rings. The molecule has 2 rings (SSSR count). The lowest BCUT2D eigenvalue weighted by atomic mass is 10.1. The largest absolute Gasteiger partial charge is 0.384 e. The van der Waals surface area contributed by atoms with Crippen molar-refractivity contribution in [3.63, 3.8) is 0 Å². The number of ether oxygens (including phenoxy) is 1. The molecule has 0 radical (unpaired) electrons. The van der Waals surface area contributed by atoms with Crippen LogP contribution < -0.4 is 10.2 Å². The number of nitrogens with one attached hydrogen (secondary N) is 1. The van der Waals surface area contributed by atoms with Crippen LogP contribution in [0.25, 0.3) is 0 Å². The number of para-hydroxylation sites is 1. The number of hydrogen-bond donors (Lipinski definition) is 1. The normalized spacial score (nSPS) is 21.3. The van der Waals surface area contributed by atoms with E-state index in [1.54, 1.807) is 7.11 Å². The third-order valence-corrected chi connectivity index (χ3v) is 3.87. The summed E-state index contributed by atoms with van der Waals surface area (Å²) in [5, 5.41) is 3.33. The summed E-state index contributed by atoms with van der Waals surface area (Å²) < 4.78 is 5.27. The van der Waals surface area contributed by atoms with Crippen LogP contribution in [0.15, 0.2) is 24.3 Å². The minimum atomic E-state index is 0.391. The molecule has 3 heteroatoms. The molecule has 0 spiro atoms. The molecule has 18 heavy (non-hydrogen) atoms. The van der Waals surface area contributed by atoms with Crippen LogP contribution in [0.2, 0.25) is 0 Å². The molecule has 1 fully saturated rings. The summed E-state index contributed by atoms with van der Waals surface area (Å²) in [4.78, 5) is 2.49. The maximum atomic E-state index is 5.27. The molecular formula is C15H24N2O. The first kappa shape index (κ1) is 13.4. The molecule has 0 aromatic heterocycles. The van der Waals surface area contributed by atoms with Gasteiger partial charge in [0.2, 0.25) is 0 Å². The van der Waals surface area contributed by atoms with E-state index in [9.17, 15) is 0 Å². The van der Waals surface area contributed by atoms with Gasteiger partial charge in [-0.1, -0.05) is 18.2 Å². The summed E-state index contributed by atoms with van der Waals surface area (Å²) in [5.74, 6) is 0.674. The number of benzene rings is 1. The minimum absolute atomic E-state index is 0.391. The van der Waals surface area contributed by atoms with Gasteiger partial charge in [0.05, 0.1) is 6.61 Å². The zero-order chi connectivity index (χ0) is 13.0. The van der Waals surface area contributed by atoms with Gasteiger partial charge < -0.3 is 15.0 Å². The van der Waals surface area contributed by atoms with Gasteiger partial charge in [-0.2, -0.15) is 0 Å². The van der Waals surface area contributed by atoms with E-state index >= 15 is 0 Å². The van der Waals surface area contributed by atoms with Crippen molar-refractivity contribution in [1.82, 2.24) is 5.32 Å². The van der Waals surface area contributed by atoms with Gasteiger partial charge in [-0.15, -0.1) is 0 Å². The summed E-state index contributed by atoms with van der Waals surface area (Å²) in [6.45, 7) is 5.34. The number of methoxy groups -OCH3 is 1. The molecule has 1 heterocycles. The van der Waals surface area contributed by atoms with E-state index in [4.69, 9.17) is 4.74 Å². The molecule has 3 nitrogen and oxygen atoms in total. The van der Waals surface area contributed by atoms with Crippen molar-refractivity contribution in [2.75, 3.05) is 38.8 Å². The molecule has 1 N–H and O–H groups in total. The third kappa shape index (κ3) is 2.85. The van der Waals surface area contributed by atoms with Crippen LogP contribution in [0.3, 0.4) is 0 Å². The SMILES string of the molecule is CNC(C)c1ccccc1N1CCC(COC)C1. The van der Waals surface area contributed by atoms with Crippen molar-refractivity contribution in [2.24, 2.45) is 5.92 Å². The average molecular weight is 248 g/mol. The Labute approximate surface area is 110 Å². The molecule has 0 amide bonds. The zero-order valence-corrected chi connectivity index (χ0v) is 11.6. The van der Waals surface area contributed by atoms with Crippen molar-refractivity contribution in [3.05, 3.63) is 29.8 Å². The molecule has 0 bridgehead atoms. The van der Waals surface area contributed by atoms with Crippen molar-refractivity contribution in [3.8, 4) is 0 Å². The lowest BCUT2D eigenvalue weighted by molar-refractivity contribution is 0.161. The molecule has 1 aliphatic heterocycles. The molecule has 100 valence electrons. The molecular weight excluding hydrogens is 224 g/mol. The fraction of sp³-hybridized carbons (Fsp3) is 0.600. The quantitative estimate of drug-likeness (QED) is 0.866. The van der Waals surface area contributed by atoms with Crippen molar-refractivity contribution < 1.29 is 4.74 Å². The zero-order valence-electron chi connectivity index (χ0n) is 11.6. The van der Waals surface area contributed by atoms with Crippen molar-refractivity contribution in [2.45, 2.75) is 19.4 Å². The molecule has 1 saturated heterocycles. The van der Waals surface area contributed by atoms with Gasteiger partial charge in [0, 0.05) is 37.8 Å². The maximum absolute atomic E-state index is 5.27. The first-order chi connectivity index (χ1) is 8.76. The van der Waals surface area contributed by atoms with E-state index in [0.29, 0.717) is 12.0 Å². The fourth-order valence-electron chi connectivity index (χ4n) is 2.72. The molecule has 0 aliphatic carbocycles. The average Bonchev–Trinajstić information content (AvgIpc) is 2.87. The Morgan fingerprint density at radius 1 is 1.44 bits per heavy atom. The second kappa shape index (κ2) is 6.21. The van der Waals surface area contributed by atoms with Crippen molar-refractivity contribution >= 4 is 5.69 Å². The first-order valence-corrected chi connectivity index (χ1v) is 6.76. The van der Waals surface area contributed by atoms with Crippen LogP contribution in [-0.4, -0.2) is 33.9 Å². The summed E-state index contributed by atoms with van der Waals surface area (Å²) in [5.41, 5.74) is 2.76. The Morgan fingerprint density at radius 2 is 2.22 bits per heavy atom. The highest BCUT2D eigenvalue weighted by Crippen LogP contribution is 2.30. The molecule has 2 atom stereocenters. The Balaban J connectivity index is 2.14. The number of rotatable bonds is 5. The number of anilines is 1. The number of hydrogen-bond acceptors (Lipinski definition) is 3. The van der Waals surface area contributed by atoms with Crippen LogP contribution in [-0.2, 0) is 4.74 Å². The maximum Gasteiger partial charge on any atom is 0.0508 e. The summed E-state index contributed by atoms with van der Waals surface area (Å²) >= 11 is 0. The lowest BCUT2D eigenvalue weighted by Crippen LogP contribution is -2.24. The van der Waals surface area contributed by atoms with Gasteiger partial charge in [-0.3, -0.25) is 0 Å². The Hall–Kier alpha value is -1.06. The fourth-order valence-corrected chi connectivity index (χ4v) is 2.72. The van der Waals surface area contributed by atoms with E-state index in [2.05, 4.69) is 41.4 Å². The molecule has 0 saturated carbocycles. The highest BCUT2D eigenvalue weighted by Gasteiger charge is 2.24. The first-order valence-electron chi connectivity index (χ1n) is 6.76. The molecule has 2 unspecified atom stereocenters. The van der Waals surface area contributed by atoms with Crippen LogP contribution in [0.1, 0.15) is 24.9 Å². The lowest BCUT2D eigenvalue weighted by Gasteiger charge is -2.24. The minimum Gasteiger partial charge on any atom is -0.384 e. The highest BCUT2D eigenvalue weighted by atomic mass is 16.5. The second-order valence-corrected chi connectivity index (χ2v) is 5.13. The predicted octanol–water partition coefficient (Wildman–Crippen LogP) is 2.44. The second-order valence-electron chi connectivity index (χ2n) is 5.13. The van der Waals surface area contributed by atoms with Gasteiger partial charge >= 0.3 is 0 Å². The van der Waals surface area contributed by atoms with Crippen molar-refractivity contribution in [1.29, 1.82) is 0 Å². The van der Waals surface area contributed by atoms with Gasteiger partial charge in [0.1, 0.15) is 0 Å². The summed E-state index contributed by atoms with van der Waals surface area (Å²) in [7, 11) is 3.80. The smallest absolute Gasteiger partial charge is 0.0508 e. The monoisotopic (exact) mass is 248 g/mol. The van der Waals surface area contributed by atoms with Crippen LogP contribution in [0.5, 0.6) is 0 Å². The Bertz CT molecular complexity index is 381. The summed E-state index contributed by atoms with van der Waals surface area (Å²) in [6.07, 6.45) is 1.23. The predicted molar refractivity (Wildman–Crippen MR) is 76.1 cm³/mol. The van der Waals surface area contributed by atoms with Gasteiger partial charge in [-0.05, 0) is 32.0 Å². The standard InChI is InChI=1S/C15H24N2O/c1-12(16-2)14-6-4-5-7-15(14)17-9-8-13(10-17)11-18-3/h4-7,12-13,16H,8-11H2,1-3H3. The topological polar surface area (TPSA) is 24.5 Å². The van der Waals surface area contributed by atoms with Gasteiger partial charge in [0.15, 0.2) is 0 Å². The van der Waals surface area contributed by atoms with Crippen LogP contribution in [0.4, 0.5) is 5.69 Å². The number of nitrogens with zero attached hydrogens (tertiary/aromatic N) is 1. The van der Waals surface area contributed by atoms with E-state index in [0.717, 1.165) is 19.7 Å². The van der Waals surface area contributed by atoms with E-state index in [-0.39, 0.29) is 0 Å². The van der Waals surface area contributed by atoms with Gasteiger partial charge in [-0.25, -0.2) is 0 Å². The van der Waals surface area contributed by atoms with E-state index in [1.807, 2.05) is 7.05 Å². The summed E-state index contributed by atoms with van der Waals surface area (Å²) in [6, 6.07) is 9.10.